The van der Waals surface area contributed by atoms with E-state index in [1.54, 1.807) is 20.8 Å². The number of ether oxygens (including phenoxy) is 1. The highest BCUT2D eigenvalue weighted by molar-refractivity contribution is 7.98. The first-order valence-corrected chi connectivity index (χ1v) is 7.98. The number of nitrogens with zero attached hydrogens (tertiary/aromatic N) is 2. The van der Waals surface area contributed by atoms with Crippen molar-refractivity contribution >= 4 is 23.4 Å². The summed E-state index contributed by atoms with van der Waals surface area (Å²) in [6.45, 7) is 9.08. The smallest absolute Gasteiger partial charge is 0.326 e. The summed E-state index contributed by atoms with van der Waals surface area (Å²) in [7, 11) is 0. The number of carbonyl (C=O) groups is 1. The van der Waals surface area contributed by atoms with Gasteiger partial charge in [0.1, 0.15) is 17.8 Å². The Morgan fingerprint density at radius 3 is 2.57 bits per heavy atom. The van der Waals surface area contributed by atoms with Gasteiger partial charge in [0.05, 0.1) is 6.20 Å². The maximum atomic E-state index is 12.4. The molecule has 118 valence electrons. The molecule has 0 spiro atoms. The molecular formula is C14H23N3O3S. The van der Waals surface area contributed by atoms with Crippen LogP contribution in [0.3, 0.4) is 0 Å². The third-order valence-electron chi connectivity index (χ3n) is 2.34. The first-order valence-electron chi connectivity index (χ1n) is 6.76. The van der Waals surface area contributed by atoms with Gasteiger partial charge in [-0.05, 0) is 40.9 Å². The molecule has 1 aromatic heterocycles. The van der Waals surface area contributed by atoms with Gasteiger partial charge in [-0.15, -0.1) is 0 Å². The van der Waals surface area contributed by atoms with Crippen molar-refractivity contribution in [3.8, 4) is 0 Å². The molecule has 0 radical (unpaired) electrons. The third kappa shape index (κ3) is 5.41. The van der Waals surface area contributed by atoms with Gasteiger partial charge in [-0.3, -0.25) is 14.2 Å². The molecule has 0 aliphatic carbocycles. The van der Waals surface area contributed by atoms with E-state index in [1.807, 2.05) is 20.1 Å². The quantitative estimate of drug-likeness (QED) is 0.510. The summed E-state index contributed by atoms with van der Waals surface area (Å²) in [4.78, 5) is 28.6. The molecule has 7 heteroatoms. The minimum atomic E-state index is -0.582. The first kappa shape index (κ1) is 17.6. The van der Waals surface area contributed by atoms with Crippen LogP contribution in [0.4, 0.5) is 5.69 Å². The Morgan fingerprint density at radius 2 is 2.10 bits per heavy atom. The third-order valence-corrected chi connectivity index (χ3v) is 3.04. The number of carbonyl (C=O) groups excluding carboxylic acids is 1. The molecule has 0 atom stereocenters. The maximum Gasteiger partial charge on any atom is 0.326 e. The molecular weight excluding hydrogens is 290 g/mol. The molecule has 0 fully saturated rings. The zero-order valence-corrected chi connectivity index (χ0v) is 14.2. The molecule has 0 aliphatic heterocycles. The molecule has 1 N–H and O–H groups in total. The SMILES string of the molecule is CSc1ncc(NC(C)C)c(=O)n1CC(=O)OC(C)(C)C. The van der Waals surface area contributed by atoms with Crippen molar-refractivity contribution in [3.63, 3.8) is 0 Å². The molecule has 0 amide bonds. The molecule has 1 heterocycles. The summed E-state index contributed by atoms with van der Waals surface area (Å²) in [6, 6.07) is 0.106. The molecule has 1 rings (SSSR count). The molecule has 0 saturated carbocycles. The highest BCUT2D eigenvalue weighted by Crippen LogP contribution is 2.13. The van der Waals surface area contributed by atoms with Crippen LogP contribution in [0.1, 0.15) is 34.6 Å². The Bertz CT molecular complexity index is 562. The maximum absolute atomic E-state index is 12.4. The zero-order chi connectivity index (χ0) is 16.2. The lowest BCUT2D eigenvalue weighted by molar-refractivity contribution is -0.155. The fourth-order valence-electron chi connectivity index (χ4n) is 1.69. The average Bonchev–Trinajstić information content (AvgIpc) is 2.31. The van der Waals surface area contributed by atoms with E-state index in [9.17, 15) is 9.59 Å². The van der Waals surface area contributed by atoms with E-state index < -0.39 is 11.6 Å². The number of hydrogen-bond donors (Lipinski definition) is 1. The fraction of sp³-hybridized carbons (Fsp3) is 0.643. The van der Waals surface area contributed by atoms with Crippen LogP contribution < -0.4 is 10.9 Å². The van der Waals surface area contributed by atoms with E-state index in [0.29, 0.717) is 10.8 Å². The minimum Gasteiger partial charge on any atom is -0.459 e. The topological polar surface area (TPSA) is 73.2 Å². The van der Waals surface area contributed by atoms with Gasteiger partial charge in [-0.2, -0.15) is 0 Å². The van der Waals surface area contributed by atoms with Crippen LogP contribution in [0.2, 0.25) is 0 Å². The zero-order valence-electron chi connectivity index (χ0n) is 13.4. The van der Waals surface area contributed by atoms with Gasteiger partial charge in [-0.25, -0.2) is 4.98 Å². The second-order valence-corrected chi connectivity index (χ2v) is 6.71. The number of esters is 1. The predicted octanol–water partition coefficient (Wildman–Crippen LogP) is 2.13. The number of thioether (sulfide) groups is 1. The second kappa shape index (κ2) is 6.98. The molecule has 0 aliphatic rings. The van der Waals surface area contributed by atoms with Crippen molar-refractivity contribution in [3.05, 3.63) is 16.6 Å². The van der Waals surface area contributed by atoms with Crippen LogP contribution in [0.5, 0.6) is 0 Å². The van der Waals surface area contributed by atoms with E-state index in [4.69, 9.17) is 4.74 Å². The van der Waals surface area contributed by atoms with Gasteiger partial charge < -0.3 is 10.1 Å². The van der Waals surface area contributed by atoms with E-state index in [0.717, 1.165) is 0 Å². The van der Waals surface area contributed by atoms with E-state index in [1.165, 1.54) is 22.5 Å². The van der Waals surface area contributed by atoms with Crippen LogP contribution in [0, 0.1) is 0 Å². The van der Waals surface area contributed by atoms with Gasteiger partial charge >= 0.3 is 5.97 Å². The molecule has 0 aromatic carbocycles. The van der Waals surface area contributed by atoms with Gasteiger partial charge in [0, 0.05) is 6.04 Å². The lowest BCUT2D eigenvalue weighted by atomic mass is 10.2. The Kier molecular flexibility index (Phi) is 5.83. The Morgan fingerprint density at radius 1 is 1.48 bits per heavy atom. The van der Waals surface area contributed by atoms with E-state index >= 15 is 0 Å². The average molecular weight is 313 g/mol. The number of anilines is 1. The fourth-order valence-corrected chi connectivity index (χ4v) is 2.22. The summed E-state index contributed by atoms with van der Waals surface area (Å²) in [5.74, 6) is -0.455. The summed E-state index contributed by atoms with van der Waals surface area (Å²) in [5, 5.41) is 3.52. The number of aromatic nitrogens is 2. The van der Waals surface area contributed by atoms with Crippen molar-refractivity contribution in [2.75, 3.05) is 11.6 Å². The molecule has 0 unspecified atom stereocenters. The summed E-state index contributed by atoms with van der Waals surface area (Å²) >= 11 is 1.31. The molecule has 0 saturated heterocycles. The highest BCUT2D eigenvalue weighted by atomic mass is 32.2. The largest absolute Gasteiger partial charge is 0.459 e. The Hall–Kier alpha value is -1.50. The van der Waals surface area contributed by atoms with Crippen LogP contribution >= 0.6 is 11.8 Å². The number of hydrogen-bond acceptors (Lipinski definition) is 6. The lowest BCUT2D eigenvalue weighted by Crippen LogP contribution is -2.33. The summed E-state index contributed by atoms with van der Waals surface area (Å²) in [6.07, 6.45) is 3.31. The molecule has 1 aromatic rings. The second-order valence-electron chi connectivity index (χ2n) is 5.94. The Labute approximate surface area is 129 Å². The standard InChI is InChI=1S/C14H23N3O3S/c1-9(2)16-10-7-15-13(21-6)17(12(10)19)8-11(18)20-14(3,4)5/h7,9,16H,8H2,1-6H3. The Balaban J connectivity index is 3.09. The highest BCUT2D eigenvalue weighted by Gasteiger charge is 2.19. The summed E-state index contributed by atoms with van der Waals surface area (Å²) < 4.78 is 6.60. The van der Waals surface area contributed by atoms with Crippen molar-refractivity contribution in [2.24, 2.45) is 0 Å². The van der Waals surface area contributed by atoms with Gasteiger partial charge in [0.2, 0.25) is 0 Å². The van der Waals surface area contributed by atoms with Gasteiger partial charge in [0.25, 0.3) is 5.56 Å². The predicted molar refractivity (Wildman–Crippen MR) is 84.9 cm³/mol. The van der Waals surface area contributed by atoms with E-state index in [2.05, 4.69) is 10.3 Å². The van der Waals surface area contributed by atoms with Crippen molar-refractivity contribution in [1.29, 1.82) is 0 Å². The van der Waals surface area contributed by atoms with Crippen molar-refractivity contribution < 1.29 is 9.53 Å². The number of nitrogens with one attached hydrogen (secondary N) is 1. The molecule has 0 bridgehead atoms. The van der Waals surface area contributed by atoms with Gasteiger partial charge in [-0.1, -0.05) is 11.8 Å². The molecule has 6 nitrogen and oxygen atoms in total. The van der Waals surface area contributed by atoms with E-state index in [-0.39, 0.29) is 18.1 Å². The van der Waals surface area contributed by atoms with Gasteiger partial charge in [0.15, 0.2) is 5.16 Å². The monoisotopic (exact) mass is 313 g/mol. The van der Waals surface area contributed by atoms with Crippen molar-refractivity contribution in [2.45, 2.75) is 58.0 Å². The molecule has 21 heavy (non-hydrogen) atoms. The lowest BCUT2D eigenvalue weighted by Gasteiger charge is -2.20. The first-order chi connectivity index (χ1) is 9.64. The van der Waals surface area contributed by atoms with Crippen LogP contribution in [-0.4, -0.2) is 33.4 Å². The minimum absolute atomic E-state index is 0.106. The van der Waals surface area contributed by atoms with Crippen LogP contribution in [0.15, 0.2) is 16.1 Å². The normalized spacial score (nSPS) is 11.6. The van der Waals surface area contributed by atoms with Crippen molar-refractivity contribution in [1.82, 2.24) is 9.55 Å². The summed E-state index contributed by atoms with van der Waals surface area (Å²) in [5.41, 5.74) is -0.471. The number of rotatable bonds is 5. The van der Waals surface area contributed by atoms with Crippen LogP contribution in [-0.2, 0) is 16.1 Å². The van der Waals surface area contributed by atoms with Crippen LogP contribution in [0.25, 0.3) is 0 Å².